The van der Waals surface area contributed by atoms with Gasteiger partial charge in [0.15, 0.2) is 0 Å². The molecule has 0 saturated heterocycles. The summed E-state index contributed by atoms with van der Waals surface area (Å²) in [5.41, 5.74) is 6.16. The van der Waals surface area contributed by atoms with E-state index in [-0.39, 0.29) is 13.2 Å². The van der Waals surface area contributed by atoms with Crippen molar-refractivity contribution >= 4 is 23.0 Å². The third-order valence-corrected chi connectivity index (χ3v) is 2.33. The normalized spacial score (nSPS) is 10.1. The quantitative estimate of drug-likeness (QED) is 0.583. The second kappa shape index (κ2) is 6.37. The van der Waals surface area contributed by atoms with Gasteiger partial charge in [0, 0.05) is 24.8 Å². The van der Waals surface area contributed by atoms with E-state index in [4.69, 9.17) is 28.2 Å². The molecule has 1 aromatic heterocycles. The van der Waals surface area contributed by atoms with Crippen LogP contribution in [0, 0.1) is 0 Å². The van der Waals surface area contributed by atoms with E-state index in [0.717, 1.165) is 0 Å². The van der Waals surface area contributed by atoms with Gasteiger partial charge in [0.25, 0.3) is 0 Å². The van der Waals surface area contributed by atoms with Crippen LogP contribution in [0.5, 0.6) is 0 Å². The Kier molecular flexibility index (Phi) is 5.10. The molecule has 1 aromatic rings. The van der Waals surface area contributed by atoms with E-state index >= 15 is 0 Å². The molecule has 0 aromatic carbocycles. The van der Waals surface area contributed by atoms with Crippen LogP contribution in [-0.4, -0.2) is 46.5 Å². The van der Waals surface area contributed by atoms with Crippen molar-refractivity contribution in [1.82, 2.24) is 4.98 Å². The van der Waals surface area contributed by atoms with Gasteiger partial charge in [-0.3, -0.25) is 0 Å². The van der Waals surface area contributed by atoms with Gasteiger partial charge in [0.2, 0.25) is 0 Å². The molecule has 5 nitrogen and oxygen atoms in total. The van der Waals surface area contributed by atoms with E-state index in [1.807, 2.05) is 0 Å². The summed E-state index contributed by atoms with van der Waals surface area (Å²) in [7, 11) is 0. The lowest BCUT2D eigenvalue weighted by atomic mass is 10.3. The maximum atomic E-state index is 8.88. The second-order valence-electron chi connectivity index (χ2n) is 3.20. The zero-order valence-corrected chi connectivity index (χ0v) is 9.65. The van der Waals surface area contributed by atoms with E-state index in [1.54, 1.807) is 23.2 Å². The SMILES string of the molecule is NC(=S)c1ccc(N(CCO)CCO)nc1. The first-order valence-electron chi connectivity index (χ1n) is 4.91. The summed E-state index contributed by atoms with van der Waals surface area (Å²) in [6, 6.07) is 3.53. The minimum atomic E-state index is 0.0126. The fraction of sp³-hybridized carbons (Fsp3) is 0.400. The lowest BCUT2D eigenvalue weighted by molar-refractivity contribution is 0.280. The summed E-state index contributed by atoms with van der Waals surface area (Å²) in [6.07, 6.45) is 1.58. The Hall–Kier alpha value is -1.24. The number of nitrogens with two attached hydrogens (primary N) is 1. The van der Waals surface area contributed by atoms with Crippen LogP contribution in [0.3, 0.4) is 0 Å². The highest BCUT2D eigenvalue weighted by Gasteiger charge is 2.06. The first kappa shape index (κ1) is 12.8. The highest BCUT2D eigenvalue weighted by Crippen LogP contribution is 2.10. The third kappa shape index (κ3) is 3.41. The molecule has 0 radical (unpaired) electrons. The number of aliphatic hydroxyl groups is 2. The number of aliphatic hydroxyl groups excluding tert-OH is 2. The summed E-state index contributed by atoms with van der Waals surface area (Å²) >= 11 is 4.82. The minimum absolute atomic E-state index is 0.0126. The molecule has 0 bridgehead atoms. The molecule has 6 heteroatoms. The standard InChI is InChI=1S/C10H15N3O2S/c11-10(16)8-1-2-9(12-7-8)13(3-5-14)4-6-15/h1-2,7,14-15H,3-6H2,(H2,11,16). The first-order chi connectivity index (χ1) is 7.69. The zero-order valence-electron chi connectivity index (χ0n) is 8.83. The Morgan fingerprint density at radius 2 is 1.94 bits per heavy atom. The highest BCUT2D eigenvalue weighted by molar-refractivity contribution is 7.80. The van der Waals surface area contributed by atoms with Crippen LogP contribution in [0.15, 0.2) is 18.3 Å². The number of rotatable bonds is 6. The number of hydrogen-bond acceptors (Lipinski definition) is 5. The van der Waals surface area contributed by atoms with E-state index in [1.165, 1.54) is 0 Å². The molecular formula is C10H15N3O2S. The number of nitrogens with zero attached hydrogens (tertiary/aromatic N) is 2. The van der Waals surface area contributed by atoms with Crippen molar-refractivity contribution in [2.75, 3.05) is 31.2 Å². The van der Waals surface area contributed by atoms with Crippen LogP contribution >= 0.6 is 12.2 Å². The first-order valence-corrected chi connectivity index (χ1v) is 5.32. The predicted molar refractivity (Wildman–Crippen MR) is 66.5 cm³/mol. The smallest absolute Gasteiger partial charge is 0.128 e. The van der Waals surface area contributed by atoms with Gasteiger partial charge in [-0.25, -0.2) is 4.98 Å². The second-order valence-corrected chi connectivity index (χ2v) is 3.64. The third-order valence-electron chi connectivity index (χ3n) is 2.10. The van der Waals surface area contributed by atoms with Crippen molar-refractivity contribution in [3.05, 3.63) is 23.9 Å². The minimum Gasteiger partial charge on any atom is -0.395 e. The Bertz CT molecular complexity index is 336. The molecule has 0 unspecified atom stereocenters. The highest BCUT2D eigenvalue weighted by atomic mass is 32.1. The Labute approximate surface area is 99.5 Å². The summed E-state index contributed by atoms with van der Waals surface area (Å²) in [5, 5.41) is 17.8. The molecule has 0 saturated carbocycles. The maximum absolute atomic E-state index is 8.88. The van der Waals surface area contributed by atoms with Gasteiger partial charge in [0.1, 0.15) is 10.8 Å². The van der Waals surface area contributed by atoms with E-state index in [2.05, 4.69) is 4.98 Å². The van der Waals surface area contributed by atoms with Crippen molar-refractivity contribution in [2.45, 2.75) is 0 Å². The summed E-state index contributed by atoms with van der Waals surface area (Å²) in [5.74, 6) is 0.683. The molecule has 1 rings (SSSR count). The Morgan fingerprint density at radius 3 is 2.31 bits per heavy atom. The van der Waals surface area contributed by atoms with E-state index in [0.29, 0.717) is 29.5 Å². The summed E-state index contributed by atoms with van der Waals surface area (Å²) in [4.78, 5) is 6.26. The van der Waals surface area contributed by atoms with Gasteiger partial charge < -0.3 is 20.8 Å². The lowest BCUT2D eigenvalue weighted by Gasteiger charge is -2.21. The maximum Gasteiger partial charge on any atom is 0.128 e. The molecular weight excluding hydrogens is 226 g/mol. The van der Waals surface area contributed by atoms with Crippen molar-refractivity contribution < 1.29 is 10.2 Å². The predicted octanol–water partition coefficient (Wildman–Crippen LogP) is -0.493. The number of anilines is 1. The van der Waals surface area contributed by atoms with Crippen LogP contribution in [0.4, 0.5) is 5.82 Å². The van der Waals surface area contributed by atoms with Gasteiger partial charge in [-0.1, -0.05) is 12.2 Å². The molecule has 0 aliphatic carbocycles. The van der Waals surface area contributed by atoms with Crippen molar-refractivity contribution in [1.29, 1.82) is 0 Å². The molecule has 4 N–H and O–H groups in total. The van der Waals surface area contributed by atoms with Crippen molar-refractivity contribution in [2.24, 2.45) is 5.73 Å². The number of aromatic nitrogens is 1. The van der Waals surface area contributed by atoms with Crippen molar-refractivity contribution in [3.8, 4) is 0 Å². The van der Waals surface area contributed by atoms with Gasteiger partial charge in [0.05, 0.1) is 13.2 Å². The molecule has 16 heavy (non-hydrogen) atoms. The Morgan fingerprint density at radius 1 is 1.31 bits per heavy atom. The lowest BCUT2D eigenvalue weighted by Crippen LogP contribution is -2.30. The van der Waals surface area contributed by atoms with Crippen molar-refractivity contribution in [3.63, 3.8) is 0 Å². The average Bonchev–Trinajstić information content (AvgIpc) is 2.29. The molecule has 0 aliphatic heterocycles. The van der Waals surface area contributed by atoms with E-state index < -0.39 is 0 Å². The summed E-state index contributed by atoms with van der Waals surface area (Å²) in [6.45, 7) is 0.886. The van der Waals surface area contributed by atoms with E-state index in [9.17, 15) is 0 Å². The molecule has 0 spiro atoms. The fourth-order valence-electron chi connectivity index (χ4n) is 1.30. The molecule has 0 atom stereocenters. The monoisotopic (exact) mass is 241 g/mol. The van der Waals surface area contributed by atoms with Crippen LogP contribution in [0.1, 0.15) is 5.56 Å². The largest absolute Gasteiger partial charge is 0.395 e. The van der Waals surface area contributed by atoms with Crippen LogP contribution in [0.25, 0.3) is 0 Å². The molecule has 0 fully saturated rings. The van der Waals surface area contributed by atoms with Gasteiger partial charge in [-0.2, -0.15) is 0 Å². The van der Waals surface area contributed by atoms with Crippen LogP contribution in [-0.2, 0) is 0 Å². The van der Waals surface area contributed by atoms with Crippen LogP contribution in [0.2, 0.25) is 0 Å². The molecule has 88 valence electrons. The summed E-state index contributed by atoms with van der Waals surface area (Å²) < 4.78 is 0. The van der Waals surface area contributed by atoms with Crippen LogP contribution < -0.4 is 10.6 Å². The van der Waals surface area contributed by atoms with Gasteiger partial charge >= 0.3 is 0 Å². The van der Waals surface area contributed by atoms with Gasteiger partial charge in [-0.05, 0) is 12.1 Å². The fourth-order valence-corrected chi connectivity index (χ4v) is 1.42. The number of pyridine rings is 1. The zero-order chi connectivity index (χ0) is 12.0. The molecule has 0 aliphatic rings. The average molecular weight is 241 g/mol. The molecule has 0 amide bonds. The molecule has 1 heterocycles. The number of thiocarbonyl (C=S) groups is 1. The Balaban J connectivity index is 2.80. The van der Waals surface area contributed by atoms with Gasteiger partial charge in [-0.15, -0.1) is 0 Å². The number of hydrogen-bond donors (Lipinski definition) is 3. The topological polar surface area (TPSA) is 82.6 Å².